The van der Waals surface area contributed by atoms with E-state index in [1.54, 1.807) is 13.0 Å². The van der Waals surface area contributed by atoms with Crippen LogP contribution in [0.25, 0.3) is 0 Å². The third-order valence-electron chi connectivity index (χ3n) is 3.48. The van der Waals surface area contributed by atoms with Gasteiger partial charge < -0.3 is 4.74 Å². The van der Waals surface area contributed by atoms with Gasteiger partial charge in [0.15, 0.2) is 0 Å². The van der Waals surface area contributed by atoms with Crippen LogP contribution in [0.2, 0.25) is 0 Å². The van der Waals surface area contributed by atoms with Gasteiger partial charge in [-0.2, -0.15) is 0 Å². The molecular formula is C14H20FNO3S. The summed E-state index contributed by atoms with van der Waals surface area (Å²) < 4.78 is 45.5. The van der Waals surface area contributed by atoms with Gasteiger partial charge in [-0.1, -0.05) is 6.07 Å². The Morgan fingerprint density at radius 3 is 2.90 bits per heavy atom. The van der Waals surface area contributed by atoms with Crippen LogP contribution in [0, 0.1) is 18.7 Å². The van der Waals surface area contributed by atoms with Crippen LogP contribution < -0.4 is 4.72 Å². The molecule has 1 aromatic rings. The van der Waals surface area contributed by atoms with Crippen molar-refractivity contribution in [3.05, 3.63) is 29.6 Å². The molecule has 0 bridgehead atoms. The summed E-state index contributed by atoms with van der Waals surface area (Å²) in [7, 11) is -3.77. The number of benzene rings is 1. The largest absolute Gasteiger partial charge is 0.381 e. The maximum atomic E-state index is 13.7. The second-order valence-electron chi connectivity index (χ2n) is 5.20. The number of hydrogen-bond acceptors (Lipinski definition) is 3. The van der Waals surface area contributed by atoms with E-state index in [0.29, 0.717) is 31.1 Å². The first-order valence-corrected chi connectivity index (χ1v) is 8.31. The Morgan fingerprint density at radius 1 is 1.45 bits per heavy atom. The van der Waals surface area contributed by atoms with Gasteiger partial charge in [0.25, 0.3) is 0 Å². The zero-order valence-corrected chi connectivity index (χ0v) is 12.4. The maximum Gasteiger partial charge on any atom is 0.243 e. The summed E-state index contributed by atoms with van der Waals surface area (Å²) in [5.41, 5.74) is 0.695. The number of sulfonamides is 1. The van der Waals surface area contributed by atoms with Crippen molar-refractivity contribution in [2.45, 2.75) is 31.1 Å². The van der Waals surface area contributed by atoms with Gasteiger partial charge in [0.1, 0.15) is 10.7 Å². The van der Waals surface area contributed by atoms with E-state index in [0.717, 1.165) is 19.4 Å². The normalized spacial score (nSPS) is 20.0. The smallest absolute Gasteiger partial charge is 0.243 e. The molecule has 20 heavy (non-hydrogen) atoms. The van der Waals surface area contributed by atoms with Gasteiger partial charge in [-0.25, -0.2) is 17.5 Å². The molecule has 1 fully saturated rings. The third kappa shape index (κ3) is 4.01. The molecular weight excluding hydrogens is 281 g/mol. The van der Waals surface area contributed by atoms with Crippen molar-refractivity contribution >= 4 is 10.0 Å². The highest BCUT2D eigenvalue weighted by Crippen LogP contribution is 2.18. The van der Waals surface area contributed by atoms with Crippen molar-refractivity contribution in [1.82, 2.24) is 4.72 Å². The first-order chi connectivity index (χ1) is 9.49. The quantitative estimate of drug-likeness (QED) is 0.907. The van der Waals surface area contributed by atoms with E-state index < -0.39 is 15.8 Å². The Kier molecular flexibility index (Phi) is 5.12. The first kappa shape index (κ1) is 15.4. The van der Waals surface area contributed by atoms with Gasteiger partial charge >= 0.3 is 0 Å². The number of ether oxygens (including phenoxy) is 1. The molecule has 112 valence electrons. The summed E-state index contributed by atoms with van der Waals surface area (Å²) >= 11 is 0. The predicted octanol–water partition coefficient (Wildman–Crippen LogP) is 2.23. The highest BCUT2D eigenvalue weighted by atomic mass is 32.2. The zero-order chi connectivity index (χ0) is 14.6. The molecule has 1 saturated heterocycles. The van der Waals surface area contributed by atoms with Crippen molar-refractivity contribution in [3.8, 4) is 0 Å². The molecule has 4 nitrogen and oxygen atoms in total. The lowest BCUT2D eigenvalue weighted by Crippen LogP contribution is -2.28. The van der Waals surface area contributed by atoms with Gasteiger partial charge in [0, 0.05) is 19.8 Å². The first-order valence-electron chi connectivity index (χ1n) is 6.82. The summed E-state index contributed by atoms with van der Waals surface area (Å²) in [4.78, 5) is -0.289. The fraction of sp³-hybridized carbons (Fsp3) is 0.571. The summed E-state index contributed by atoms with van der Waals surface area (Å²) in [5, 5.41) is 0. The number of hydrogen-bond donors (Lipinski definition) is 1. The average Bonchev–Trinajstić information content (AvgIpc) is 2.39. The van der Waals surface area contributed by atoms with Crippen LogP contribution in [0.15, 0.2) is 23.1 Å². The van der Waals surface area contributed by atoms with E-state index in [1.165, 1.54) is 12.1 Å². The second kappa shape index (κ2) is 6.65. The molecule has 1 heterocycles. The van der Waals surface area contributed by atoms with Crippen molar-refractivity contribution in [1.29, 1.82) is 0 Å². The molecule has 6 heteroatoms. The Labute approximate surface area is 119 Å². The van der Waals surface area contributed by atoms with E-state index in [9.17, 15) is 12.8 Å². The monoisotopic (exact) mass is 301 g/mol. The van der Waals surface area contributed by atoms with E-state index in [4.69, 9.17) is 4.74 Å². The fourth-order valence-electron chi connectivity index (χ4n) is 2.33. The minimum absolute atomic E-state index is 0.289. The van der Waals surface area contributed by atoms with Crippen molar-refractivity contribution in [3.63, 3.8) is 0 Å². The summed E-state index contributed by atoms with van der Waals surface area (Å²) in [6.45, 7) is 3.50. The van der Waals surface area contributed by atoms with Crippen molar-refractivity contribution < 1.29 is 17.5 Å². The van der Waals surface area contributed by atoms with Gasteiger partial charge in [0.2, 0.25) is 10.0 Å². The highest BCUT2D eigenvalue weighted by Gasteiger charge is 2.20. The Hall–Kier alpha value is -0.980. The van der Waals surface area contributed by atoms with Crippen LogP contribution in [0.5, 0.6) is 0 Å². The Balaban J connectivity index is 1.93. The lowest BCUT2D eigenvalue weighted by molar-refractivity contribution is 0.0523. The molecule has 0 spiro atoms. The number of halogens is 1. The molecule has 0 unspecified atom stereocenters. The van der Waals surface area contributed by atoms with Crippen molar-refractivity contribution in [2.24, 2.45) is 5.92 Å². The van der Waals surface area contributed by atoms with Crippen LogP contribution in [0.4, 0.5) is 4.39 Å². The van der Waals surface area contributed by atoms with Crippen molar-refractivity contribution in [2.75, 3.05) is 19.8 Å². The fourth-order valence-corrected chi connectivity index (χ4v) is 3.44. The van der Waals surface area contributed by atoms with Crippen LogP contribution in [-0.4, -0.2) is 28.2 Å². The maximum absolute atomic E-state index is 13.7. The van der Waals surface area contributed by atoms with Crippen LogP contribution in [0.3, 0.4) is 0 Å². The minimum Gasteiger partial charge on any atom is -0.381 e. The third-order valence-corrected chi connectivity index (χ3v) is 4.97. The molecule has 0 aliphatic carbocycles. The molecule has 1 aliphatic rings. The highest BCUT2D eigenvalue weighted by molar-refractivity contribution is 7.89. The summed E-state index contributed by atoms with van der Waals surface area (Å²) in [5.74, 6) is -0.326. The van der Waals surface area contributed by atoms with Crippen LogP contribution in [-0.2, 0) is 14.8 Å². The zero-order valence-electron chi connectivity index (χ0n) is 11.6. The molecule has 2 rings (SSSR count). The molecule has 1 atom stereocenters. The minimum atomic E-state index is -3.77. The topological polar surface area (TPSA) is 55.4 Å². The van der Waals surface area contributed by atoms with Gasteiger partial charge in [0.05, 0.1) is 0 Å². The molecule has 0 saturated carbocycles. The van der Waals surface area contributed by atoms with Crippen LogP contribution in [0.1, 0.15) is 24.8 Å². The Bertz CT molecular complexity index is 554. The van der Waals surface area contributed by atoms with E-state index in [1.807, 2.05) is 0 Å². The standard InChI is InChI=1S/C14H20FNO3S/c1-11-4-5-14(13(15)9-11)20(17,18)16-7-6-12-3-2-8-19-10-12/h4-5,9,12,16H,2-3,6-8,10H2,1H3/t12-/m0/s1. The number of nitrogens with one attached hydrogen (secondary N) is 1. The Morgan fingerprint density at radius 2 is 2.25 bits per heavy atom. The second-order valence-corrected chi connectivity index (χ2v) is 6.94. The van der Waals surface area contributed by atoms with E-state index in [-0.39, 0.29) is 4.90 Å². The molecule has 0 radical (unpaired) electrons. The number of aryl methyl sites for hydroxylation is 1. The predicted molar refractivity (Wildman–Crippen MR) is 74.5 cm³/mol. The van der Waals surface area contributed by atoms with Gasteiger partial charge in [-0.05, 0) is 49.8 Å². The molecule has 1 aromatic carbocycles. The molecule has 0 aromatic heterocycles. The molecule has 0 amide bonds. The number of rotatable bonds is 5. The SMILES string of the molecule is Cc1ccc(S(=O)(=O)NCC[C@@H]2CCCOC2)c(F)c1. The van der Waals surface area contributed by atoms with Crippen LogP contribution >= 0.6 is 0 Å². The van der Waals surface area contributed by atoms with E-state index >= 15 is 0 Å². The molecule has 1 N–H and O–H groups in total. The lowest BCUT2D eigenvalue weighted by atomic mass is 9.99. The van der Waals surface area contributed by atoms with Gasteiger partial charge in [-0.15, -0.1) is 0 Å². The molecule has 1 aliphatic heterocycles. The summed E-state index contributed by atoms with van der Waals surface area (Å²) in [6.07, 6.45) is 2.79. The average molecular weight is 301 g/mol. The summed E-state index contributed by atoms with van der Waals surface area (Å²) in [6, 6.07) is 4.12. The lowest BCUT2D eigenvalue weighted by Gasteiger charge is -2.21. The van der Waals surface area contributed by atoms with Gasteiger partial charge in [-0.3, -0.25) is 0 Å². The van der Waals surface area contributed by atoms with E-state index in [2.05, 4.69) is 4.72 Å².